The molecule has 0 aliphatic heterocycles. The van der Waals surface area contributed by atoms with Crippen LogP contribution in [0.2, 0.25) is 0 Å². The minimum absolute atomic E-state index is 0.172. The lowest BCUT2D eigenvalue weighted by Gasteiger charge is -2.04. The summed E-state index contributed by atoms with van der Waals surface area (Å²) in [7, 11) is 3.07. The van der Waals surface area contributed by atoms with Crippen molar-refractivity contribution in [2.75, 3.05) is 14.2 Å². The van der Waals surface area contributed by atoms with Gasteiger partial charge in [-0.1, -0.05) is 30.4 Å². The molecule has 0 heterocycles. The normalized spacial score (nSPS) is 9.96. The van der Waals surface area contributed by atoms with E-state index in [0.29, 0.717) is 11.5 Å². The fourth-order valence-electron chi connectivity index (χ4n) is 2.01. The molecule has 4 heteroatoms. The van der Waals surface area contributed by atoms with Gasteiger partial charge in [-0.3, -0.25) is 0 Å². The number of phenols is 2. The molecule has 0 aliphatic carbocycles. The highest BCUT2D eigenvalue weighted by molar-refractivity contribution is 5.55. The van der Waals surface area contributed by atoms with E-state index in [2.05, 4.69) is 6.58 Å². The van der Waals surface area contributed by atoms with Crippen molar-refractivity contribution in [2.24, 2.45) is 0 Å². The summed E-state index contributed by atoms with van der Waals surface area (Å²) in [5, 5.41) is 18.5. The summed E-state index contributed by atoms with van der Waals surface area (Å²) in [6.45, 7) is 5.57. The van der Waals surface area contributed by atoms with Gasteiger partial charge >= 0.3 is 0 Å². The molecule has 0 unspecified atom stereocenters. The van der Waals surface area contributed by atoms with Gasteiger partial charge in [-0.25, -0.2) is 0 Å². The van der Waals surface area contributed by atoms with Crippen LogP contribution in [0.4, 0.5) is 0 Å². The van der Waals surface area contributed by atoms with Crippen molar-refractivity contribution in [1.82, 2.24) is 0 Å². The number of aromatic hydroxyl groups is 2. The summed E-state index contributed by atoms with van der Waals surface area (Å²) in [4.78, 5) is 0. The van der Waals surface area contributed by atoms with Gasteiger partial charge in [-0.2, -0.15) is 0 Å². The van der Waals surface area contributed by atoms with Crippen LogP contribution in [0.25, 0.3) is 6.08 Å². The van der Waals surface area contributed by atoms with Gasteiger partial charge in [0.2, 0.25) is 0 Å². The van der Waals surface area contributed by atoms with Gasteiger partial charge in [0.1, 0.15) is 0 Å². The van der Waals surface area contributed by atoms with Crippen molar-refractivity contribution in [2.45, 2.75) is 13.3 Å². The Morgan fingerprint density at radius 3 is 2.08 bits per heavy atom. The molecular weight excluding hydrogens is 304 g/mol. The maximum atomic E-state index is 9.25. The van der Waals surface area contributed by atoms with Crippen molar-refractivity contribution in [3.63, 3.8) is 0 Å². The summed E-state index contributed by atoms with van der Waals surface area (Å²) in [6.07, 6.45) is 6.48. The average molecular weight is 328 g/mol. The van der Waals surface area contributed by atoms with Gasteiger partial charge in [0.15, 0.2) is 23.0 Å². The molecule has 0 fully saturated rings. The Labute approximate surface area is 143 Å². The molecular formula is C20H24O4. The molecule has 0 saturated carbocycles. The fraction of sp³-hybridized carbons (Fsp3) is 0.200. The minimum Gasteiger partial charge on any atom is -0.504 e. The van der Waals surface area contributed by atoms with E-state index in [4.69, 9.17) is 9.47 Å². The SMILES string of the molecule is C/C=C/c1ccc(O)c(OC)c1.C=CCc1ccc(O)c(OC)c1. The van der Waals surface area contributed by atoms with Crippen LogP contribution in [0.3, 0.4) is 0 Å². The zero-order chi connectivity index (χ0) is 17.9. The van der Waals surface area contributed by atoms with Crippen LogP contribution in [0, 0.1) is 0 Å². The van der Waals surface area contributed by atoms with Crippen LogP contribution in [-0.4, -0.2) is 24.4 Å². The first-order valence-electron chi connectivity index (χ1n) is 7.52. The Hall–Kier alpha value is -2.88. The van der Waals surface area contributed by atoms with E-state index >= 15 is 0 Å². The summed E-state index contributed by atoms with van der Waals surface area (Å²) in [6, 6.07) is 10.5. The first-order valence-corrected chi connectivity index (χ1v) is 7.52. The highest BCUT2D eigenvalue weighted by Gasteiger charge is 2.00. The van der Waals surface area contributed by atoms with E-state index in [9.17, 15) is 10.2 Å². The third kappa shape index (κ3) is 5.72. The van der Waals surface area contributed by atoms with Crippen LogP contribution in [0.5, 0.6) is 23.0 Å². The molecule has 0 amide bonds. The van der Waals surface area contributed by atoms with E-state index in [0.717, 1.165) is 17.5 Å². The Morgan fingerprint density at radius 1 is 0.958 bits per heavy atom. The topological polar surface area (TPSA) is 58.9 Å². The van der Waals surface area contributed by atoms with Gasteiger partial charge in [0, 0.05) is 0 Å². The first-order chi connectivity index (χ1) is 11.5. The Balaban J connectivity index is 0.000000240. The molecule has 4 nitrogen and oxygen atoms in total. The largest absolute Gasteiger partial charge is 0.504 e. The second kappa shape index (κ2) is 10.0. The van der Waals surface area contributed by atoms with E-state index in [1.165, 1.54) is 14.2 Å². The lowest BCUT2D eigenvalue weighted by atomic mass is 10.1. The molecule has 0 radical (unpaired) electrons. The number of rotatable bonds is 5. The van der Waals surface area contributed by atoms with Crippen molar-refractivity contribution in [3.05, 3.63) is 66.3 Å². The molecule has 2 aromatic rings. The molecule has 2 N–H and O–H groups in total. The minimum atomic E-state index is 0.172. The van der Waals surface area contributed by atoms with Crippen molar-refractivity contribution in [1.29, 1.82) is 0 Å². The summed E-state index contributed by atoms with van der Waals surface area (Å²) < 4.78 is 9.90. The lowest BCUT2D eigenvalue weighted by Crippen LogP contribution is -1.86. The highest BCUT2D eigenvalue weighted by Crippen LogP contribution is 2.27. The second-order valence-electron chi connectivity index (χ2n) is 4.93. The zero-order valence-electron chi connectivity index (χ0n) is 14.3. The molecule has 2 aromatic carbocycles. The predicted octanol–water partition coefficient (Wildman–Crippen LogP) is 4.56. The van der Waals surface area contributed by atoms with Crippen molar-refractivity contribution >= 4 is 6.08 Å². The Bertz CT molecular complexity index is 690. The second-order valence-corrected chi connectivity index (χ2v) is 4.93. The average Bonchev–Trinajstić information content (AvgIpc) is 2.59. The van der Waals surface area contributed by atoms with Crippen LogP contribution in [-0.2, 0) is 6.42 Å². The molecule has 0 spiro atoms. The smallest absolute Gasteiger partial charge is 0.161 e. The number of methoxy groups -OCH3 is 2. The number of hydrogen-bond acceptors (Lipinski definition) is 4. The van der Waals surface area contributed by atoms with Crippen molar-refractivity contribution < 1.29 is 19.7 Å². The van der Waals surface area contributed by atoms with E-state index in [1.807, 2.05) is 37.3 Å². The van der Waals surface area contributed by atoms with Gasteiger partial charge in [0.05, 0.1) is 14.2 Å². The molecule has 0 bridgehead atoms. The molecule has 2 rings (SSSR count). The van der Waals surface area contributed by atoms with Crippen LogP contribution in [0.1, 0.15) is 18.1 Å². The third-order valence-corrected chi connectivity index (χ3v) is 3.19. The number of hydrogen-bond donors (Lipinski definition) is 2. The van der Waals surface area contributed by atoms with Crippen LogP contribution >= 0.6 is 0 Å². The Morgan fingerprint density at radius 2 is 1.54 bits per heavy atom. The number of benzene rings is 2. The van der Waals surface area contributed by atoms with Gasteiger partial charge in [0.25, 0.3) is 0 Å². The van der Waals surface area contributed by atoms with E-state index in [1.54, 1.807) is 24.3 Å². The van der Waals surface area contributed by atoms with Crippen molar-refractivity contribution in [3.8, 4) is 23.0 Å². The molecule has 128 valence electrons. The van der Waals surface area contributed by atoms with Crippen LogP contribution in [0.15, 0.2) is 55.1 Å². The van der Waals surface area contributed by atoms with E-state index < -0.39 is 0 Å². The molecule has 0 saturated heterocycles. The maximum absolute atomic E-state index is 9.25. The third-order valence-electron chi connectivity index (χ3n) is 3.19. The van der Waals surface area contributed by atoms with E-state index in [-0.39, 0.29) is 11.5 Å². The summed E-state index contributed by atoms with van der Waals surface area (Å²) >= 11 is 0. The molecule has 0 atom stereocenters. The Kier molecular flexibility index (Phi) is 7.99. The number of ether oxygens (including phenoxy) is 2. The monoisotopic (exact) mass is 328 g/mol. The number of allylic oxidation sites excluding steroid dienone is 2. The highest BCUT2D eigenvalue weighted by atomic mass is 16.5. The standard InChI is InChI=1S/2C10H12O2/c2*1-3-4-8-5-6-9(11)10(7-8)12-2/h3-7,11H,1-2H3;3,5-7,11H,1,4H2,2H3/b4-3+;. The molecule has 24 heavy (non-hydrogen) atoms. The first kappa shape index (κ1) is 19.2. The van der Waals surface area contributed by atoms with Gasteiger partial charge in [-0.15, -0.1) is 6.58 Å². The lowest BCUT2D eigenvalue weighted by molar-refractivity contribution is 0.373. The summed E-state index contributed by atoms with van der Waals surface area (Å²) in [5.74, 6) is 1.36. The quantitative estimate of drug-likeness (QED) is 0.790. The fourth-order valence-corrected chi connectivity index (χ4v) is 2.01. The maximum Gasteiger partial charge on any atom is 0.161 e. The van der Waals surface area contributed by atoms with Gasteiger partial charge < -0.3 is 19.7 Å². The van der Waals surface area contributed by atoms with Crippen LogP contribution < -0.4 is 9.47 Å². The molecule has 0 aromatic heterocycles. The summed E-state index contributed by atoms with van der Waals surface area (Å²) in [5.41, 5.74) is 2.10. The molecule has 0 aliphatic rings. The number of phenolic OH excluding ortho intramolecular Hbond substituents is 2. The zero-order valence-corrected chi connectivity index (χ0v) is 14.3. The van der Waals surface area contributed by atoms with Gasteiger partial charge in [-0.05, 0) is 48.7 Å². The predicted molar refractivity (Wildman–Crippen MR) is 97.9 cm³/mol.